The number of benzene rings is 1. The quantitative estimate of drug-likeness (QED) is 0.711. The Morgan fingerprint density at radius 2 is 2.16 bits per heavy atom. The third-order valence-electron chi connectivity index (χ3n) is 3.17. The zero-order chi connectivity index (χ0) is 13.2. The summed E-state index contributed by atoms with van der Waals surface area (Å²) in [5, 5.41) is 6.71. The van der Waals surface area contributed by atoms with Crippen LogP contribution in [0.25, 0.3) is 10.9 Å². The summed E-state index contributed by atoms with van der Waals surface area (Å²) in [7, 11) is 0. The second kappa shape index (κ2) is 4.90. The van der Waals surface area contributed by atoms with Crippen molar-refractivity contribution in [2.45, 2.75) is 13.5 Å². The van der Waals surface area contributed by atoms with Crippen molar-refractivity contribution < 1.29 is 0 Å². The van der Waals surface area contributed by atoms with Crippen molar-refractivity contribution in [3.05, 3.63) is 52.3 Å². The van der Waals surface area contributed by atoms with Gasteiger partial charge in [0.25, 0.3) is 0 Å². The van der Waals surface area contributed by atoms with Gasteiger partial charge < -0.3 is 11.1 Å². The van der Waals surface area contributed by atoms with E-state index in [9.17, 15) is 0 Å². The van der Waals surface area contributed by atoms with Crippen molar-refractivity contribution >= 4 is 33.6 Å². The predicted octanol–water partition coefficient (Wildman–Crippen LogP) is 3.80. The molecule has 0 amide bonds. The highest BCUT2D eigenvalue weighted by Gasteiger charge is 2.04. The van der Waals surface area contributed by atoms with E-state index in [4.69, 9.17) is 5.73 Å². The Kier molecular flexibility index (Phi) is 3.09. The first-order chi connectivity index (χ1) is 9.24. The minimum absolute atomic E-state index is 0.742. The number of nitrogens with one attached hydrogen (secondary N) is 1. The van der Waals surface area contributed by atoms with Gasteiger partial charge in [0.2, 0.25) is 0 Å². The van der Waals surface area contributed by atoms with E-state index in [-0.39, 0.29) is 0 Å². The first kappa shape index (κ1) is 12.0. The average molecular weight is 269 g/mol. The normalized spacial score (nSPS) is 10.8. The van der Waals surface area contributed by atoms with Crippen LogP contribution in [0.15, 0.2) is 41.9 Å². The molecule has 2 heterocycles. The van der Waals surface area contributed by atoms with Crippen LogP contribution in [0.1, 0.15) is 10.4 Å². The smallest absolute Gasteiger partial charge is 0.0743 e. The Bertz CT molecular complexity index is 718. The molecule has 0 unspecified atom stereocenters. The molecular formula is C15H15N3S. The number of hydrogen-bond acceptors (Lipinski definition) is 4. The summed E-state index contributed by atoms with van der Waals surface area (Å²) < 4.78 is 0. The van der Waals surface area contributed by atoms with Crippen LogP contribution in [-0.2, 0) is 6.54 Å². The third kappa shape index (κ3) is 2.39. The van der Waals surface area contributed by atoms with Gasteiger partial charge in [-0.2, -0.15) is 0 Å². The highest BCUT2D eigenvalue weighted by molar-refractivity contribution is 7.10. The lowest BCUT2D eigenvalue weighted by atomic mass is 10.1. The highest BCUT2D eigenvalue weighted by atomic mass is 32.1. The van der Waals surface area contributed by atoms with Crippen LogP contribution in [0.5, 0.6) is 0 Å². The largest absolute Gasteiger partial charge is 0.399 e. The number of nitrogen functional groups attached to an aromatic ring is 1. The van der Waals surface area contributed by atoms with E-state index < -0.39 is 0 Å². The van der Waals surface area contributed by atoms with E-state index in [1.54, 1.807) is 11.3 Å². The lowest BCUT2D eigenvalue weighted by Gasteiger charge is -2.09. The molecule has 2 aromatic heterocycles. The van der Waals surface area contributed by atoms with Crippen LogP contribution in [0.2, 0.25) is 0 Å². The number of anilines is 2. The number of fused-ring (bicyclic) bond motifs is 1. The van der Waals surface area contributed by atoms with Crippen molar-refractivity contribution in [3.63, 3.8) is 0 Å². The van der Waals surface area contributed by atoms with Crippen LogP contribution < -0.4 is 11.1 Å². The number of pyridine rings is 1. The topological polar surface area (TPSA) is 50.9 Å². The Morgan fingerprint density at radius 3 is 2.95 bits per heavy atom. The summed E-state index contributed by atoms with van der Waals surface area (Å²) >= 11 is 1.78. The summed E-state index contributed by atoms with van der Waals surface area (Å²) in [5.74, 6) is 0. The van der Waals surface area contributed by atoms with Crippen molar-refractivity contribution in [2.24, 2.45) is 0 Å². The van der Waals surface area contributed by atoms with Crippen molar-refractivity contribution in [2.75, 3.05) is 11.1 Å². The van der Waals surface area contributed by atoms with E-state index in [1.807, 2.05) is 30.5 Å². The van der Waals surface area contributed by atoms with Gasteiger partial charge in [0.15, 0.2) is 0 Å². The Labute approximate surface area is 116 Å². The Balaban J connectivity index is 1.91. The van der Waals surface area contributed by atoms with Crippen LogP contribution in [-0.4, -0.2) is 4.98 Å². The Hall–Kier alpha value is -2.07. The first-order valence-electron chi connectivity index (χ1n) is 6.15. The molecule has 0 aliphatic carbocycles. The molecule has 0 saturated heterocycles. The summed E-state index contributed by atoms with van der Waals surface area (Å²) in [6, 6.07) is 9.97. The number of nitrogens with zero attached hydrogens (tertiary/aromatic N) is 1. The van der Waals surface area contributed by atoms with Crippen LogP contribution >= 0.6 is 11.3 Å². The fourth-order valence-corrected chi connectivity index (χ4v) is 2.93. The lowest BCUT2D eigenvalue weighted by molar-refractivity contribution is 1.17. The van der Waals surface area contributed by atoms with E-state index in [0.717, 1.165) is 28.8 Å². The Morgan fingerprint density at radius 1 is 1.26 bits per heavy atom. The van der Waals surface area contributed by atoms with Gasteiger partial charge in [0, 0.05) is 34.4 Å². The minimum atomic E-state index is 0.742. The van der Waals surface area contributed by atoms with E-state index in [1.165, 1.54) is 10.4 Å². The second-order valence-corrected chi connectivity index (χ2v) is 5.52. The number of aryl methyl sites for hydroxylation is 1. The molecule has 3 aromatic rings. The molecule has 0 spiro atoms. The van der Waals surface area contributed by atoms with Gasteiger partial charge in [0.1, 0.15) is 0 Å². The number of aromatic nitrogens is 1. The third-order valence-corrected chi connectivity index (χ3v) is 4.20. The summed E-state index contributed by atoms with van der Waals surface area (Å²) in [5.41, 5.74) is 9.88. The average Bonchev–Trinajstić information content (AvgIpc) is 2.81. The molecule has 0 fully saturated rings. The molecule has 0 atom stereocenters. The highest BCUT2D eigenvalue weighted by Crippen LogP contribution is 2.25. The molecule has 3 N–H and O–H groups in total. The van der Waals surface area contributed by atoms with E-state index in [2.05, 4.69) is 28.7 Å². The maximum atomic E-state index is 5.79. The molecule has 19 heavy (non-hydrogen) atoms. The molecule has 96 valence electrons. The summed E-state index contributed by atoms with van der Waals surface area (Å²) in [6.07, 6.45) is 1.81. The molecule has 0 aliphatic rings. The summed E-state index contributed by atoms with van der Waals surface area (Å²) in [6.45, 7) is 2.98. The summed E-state index contributed by atoms with van der Waals surface area (Å²) in [4.78, 5) is 5.71. The van der Waals surface area contributed by atoms with Crippen LogP contribution in [0.4, 0.5) is 11.4 Å². The van der Waals surface area contributed by atoms with Gasteiger partial charge >= 0.3 is 0 Å². The zero-order valence-corrected chi connectivity index (χ0v) is 11.5. The molecule has 4 heteroatoms. The van der Waals surface area contributed by atoms with Gasteiger partial charge in [-0.3, -0.25) is 4.98 Å². The molecule has 0 aliphatic heterocycles. The molecular weight excluding hydrogens is 254 g/mol. The van der Waals surface area contributed by atoms with Gasteiger partial charge in [-0.05, 0) is 48.2 Å². The number of hydrogen-bond donors (Lipinski definition) is 2. The zero-order valence-electron chi connectivity index (χ0n) is 10.7. The van der Waals surface area contributed by atoms with E-state index in [0.29, 0.717) is 0 Å². The predicted molar refractivity (Wildman–Crippen MR) is 82.5 cm³/mol. The molecule has 3 nitrogen and oxygen atoms in total. The van der Waals surface area contributed by atoms with Gasteiger partial charge in [-0.1, -0.05) is 0 Å². The maximum Gasteiger partial charge on any atom is 0.0743 e. The van der Waals surface area contributed by atoms with Crippen LogP contribution in [0.3, 0.4) is 0 Å². The monoisotopic (exact) mass is 269 g/mol. The second-order valence-electron chi connectivity index (χ2n) is 4.52. The molecule has 0 bridgehead atoms. The van der Waals surface area contributed by atoms with Crippen molar-refractivity contribution in [1.29, 1.82) is 0 Å². The van der Waals surface area contributed by atoms with Gasteiger partial charge in [-0.15, -0.1) is 11.3 Å². The molecule has 0 radical (unpaired) electrons. The SMILES string of the molecule is Cc1ccsc1CNc1ccnc2cc(N)ccc12. The fourth-order valence-electron chi connectivity index (χ4n) is 2.08. The molecule has 0 saturated carbocycles. The maximum absolute atomic E-state index is 5.79. The first-order valence-corrected chi connectivity index (χ1v) is 7.03. The molecule has 3 rings (SSSR count). The van der Waals surface area contributed by atoms with Crippen molar-refractivity contribution in [1.82, 2.24) is 4.98 Å². The van der Waals surface area contributed by atoms with Crippen molar-refractivity contribution in [3.8, 4) is 0 Å². The van der Waals surface area contributed by atoms with Crippen LogP contribution in [0, 0.1) is 6.92 Å². The number of nitrogens with two attached hydrogens (primary N) is 1. The van der Waals surface area contributed by atoms with Gasteiger partial charge in [0.05, 0.1) is 5.52 Å². The number of rotatable bonds is 3. The lowest BCUT2D eigenvalue weighted by Crippen LogP contribution is -2.00. The van der Waals surface area contributed by atoms with Gasteiger partial charge in [-0.25, -0.2) is 0 Å². The fraction of sp³-hybridized carbons (Fsp3) is 0.133. The van der Waals surface area contributed by atoms with E-state index >= 15 is 0 Å². The molecule has 1 aromatic carbocycles. The number of thiophene rings is 1. The minimum Gasteiger partial charge on any atom is -0.399 e. The standard InChI is InChI=1S/C15H15N3S/c1-10-5-7-19-15(10)9-18-13-4-6-17-14-8-11(16)2-3-12(13)14/h2-8H,9,16H2,1H3,(H,17,18).